The standard InChI is InChI=1S/C9H8F3NO3/c1-2-16-9(15)5-4(10)3-13-8(14)6(5)7(11)12/h3,7H,2H2,1H3,(H,13,14). The average molecular weight is 235 g/mol. The molecule has 1 heterocycles. The summed E-state index contributed by atoms with van der Waals surface area (Å²) in [6.45, 7) is 1.33. The maximum absolute atomic E-state index is 13.2. The smallest absolute Gasteiger partial charge is 0.341 e. The van der Waals surface area contributed by atoms with Gasteiger partial charge in [0.25, 0.3) is 12.0 Å². The van der Waals surface area contributed by atoms with Gasteiger partial charge in [0, 0.05) is 6.20 Å². The number of pyridine rings is 1. The Morgan fingerprint density at radius 2 is 2.19 bits per heavy atom. The van der Waals surface area contributed by atoms with Crippen LogP contribution in [0, 0.1) is 5.82 Å². The maximum Gasteiger partial charge on any atom is 0.341 e. The summed E-state index contributed by atoms with van der Waals surface area (Å²) in [5, 5.41) is 0. The van der Waals surface area contributed by atoms with Crippen molar-refractivity contribution in [3.05, 3.63) is 33.5 Å². The first-order chi connectivity index (χ1) is 7.49. The van der Waals surface area contributed by atoms with Gasteiger partial charge < -0.3 is 9.72 Å². The molecule has 1 aromatic rings. The van der Waals surface area contributed by atoms with Crippen LogP contribution < -0.4 is 5.56 Å². The predicted octanol–water partition coefficient (Wildman–Crippen LogP) is 1.63. The van der Waals surface area contributed by atoms with Crippen molar-refractivity contribution in [1.29, 1.82) is 0 Å². The van der Waals surface area contributed by atoms with Crippen LogP contribution in [-0.2, 0) is 4.74 Å². The molecule has 0 fully saturated rings. The molecule has 0 atom stereocenters. The van der Waals surface area contributed by atoms with Crippen molar-refractivity contribution < 1.29 is 22.7 Å². The lowest BCUT2D eigenvalue weighted by molar-refractivity contribution is 0.0508. The fourth-order valence-corrected chi connectivity index (χ4v) is 1.14. The van der Waals surface area contributed by atoms with E-state index < -0.39 is 34.9 Å². The van der Waals surface area contributed by atoms with E-state index in [1.54, 1.807) is 4.98 Å². The van der Waals surface area contributed by atoms with Gasteiger partial charge in [-0.15, -0.1) is 0 Å². The topological polar surface area (TPSA) is 59.2 Å². The minimum absolute atomic E-state index is 0.103. The number of nitrogens with one attached hydrogen (secondary N) is 1. The highest BCUT2D eigenvalue weighted by Gasteiger charge is 2.26. The summed E-state index contributed by atoms with van der Waals surface area (Å²) in [5.41, 5.74) is -3.43. The Hall–Kier alpha value is -1.79. The fraction of sp³-hybridized carbons (Fsp3) is 0.333. The zero-order valence-corrected chi connectivity index (χ0v) is 8.22. The third-order valence-corrected chi connectivity index (χ3v) is 1.78. The first-order valence-electron chi connectivity index (χ1n) is 4.35. The molecule has 1 rings (SSSR count). The van der Waals surface area contributed by atoms with E-state index in [-0.39, 0.29) is 6.61 Å². The number of carbonyl (C=O) groups excluding carboxylic acids is 1. The van der Waals surface area contributed by atoms with Crippen molar-refractivity contribution in [2.24, 2.45) is 0 Å². The number of halogens is 3. The molecule has 0 amide bonds. The number of hydrogen-bond donors (Lipinski definition) is 1. The number of carbonyl (C=O) groups is 1. The molecule has 88 valence electrons. The van der Waals surface area contributed by atoms with Gasteiger partial charge >= 0.3 is 5.97 Å². The van der Waals surface area contributed by atoms with Crippen molar-refractivity contribution in [2.75, 3.05) is 6.61 Å². The van der Waals surface area contributed by atoms with E-state index >= 15 is 0 Å². The molecule has 1 aromatic heterocycles. The van der Waals surface area contributed by atoms with Gasteiger partial charge in [-0.05, 0) is 6.92 Å². The molecule has 0 radical (unpaired) electrons. The normalized spacial score (nSPS) is 10.6. The highest BCUT2D eigenvalue weighted by Crippen LogP contribution is 2.21. The van der Waals surface area contributed by atoms with Crippen molar-refractivity contribution in [1.82, 2.24) is 4.98 Å². The van der Waals surface area contributed by atoms with Gasteiger partial charge in [-0.2, -0.15) is 0 Å². The number of aromatic nitrogens is 1. The first kappa shape index (κ1) is 12.3. The Kier molecular flexibility index (Phi) is 3.70. The molecule has 16 heavy (non-hydrogen) atoms. The third kappa shape index (κ3) is 2.23. The number of esters is 1. The van der Waals surface area contributed by atoms with Crippen LogP contribution in [-0.4, -0.2) is 17.6 Å². The predicted molar refractivity (Wildman–Crippen MR) is 47.9 cm³/mol. The molecule has 0 spiro atoms. The molecule has 0 aliphatic heterocycles. The van der Waals surface area contributed by atoms with Crippen LogP contribution in [0.25, 0.3) is 0 Å². The van der Waals surface area contributed by atoms with Crippen molar-refractivity contribution in [3.8, 4) is 0 Å². The molecule has 0 aliphatic carbocycles. The Morgan fingerprint density at radius 3 is 2.69 bits per heavy atom. The van der Waals surface area contributed by atoms with E-state index in [0.717, 1.165) is 0 Å². The van der Waals surface area contributed by atoms with E-state index in [1.807, 2.05) is 0 Å². The third-order valence-electron chi connectivity index (χ3n) is 1.78. The summed E-state index contributed by atoms with van der Waals surface area (Å²) in [4.78, 5) is 24.0. The molecule has 0 bridgehead atoms. The lowest BCUT2D eigenvalue weighted by atomic mass is 10.1. The minimum atomic E-state index is -3.25. The maximum atomic E-state index is 13.2. The van der Waals surface area contributed by atoms with Crippen LogP contribution in [0.1, 0.15) is 29.3 Å². The molecule has 0 saturated carbocycles. The van der Waals surface area contributed by atoms with Crippen molar-refractivity contribution in [2.45, 2.75) is 13.3 Å². The monoisotopic (exact) mass is 235 g/mol. The lowest BCUT2D eigenvalue weighted by Crippen LogP contribution is -2.21. The summed E-state index contributed by atoms with van der Waals surface area (Å²) in [6, 6.07) is 0. The average Bonchev–Trinajstić information content (AvgIpc) is 2.20. The number of hydrogen-bond acceptors (Lipinski definition) is 3. The van der Waals surface area contributed by atoms with Gasteiger partial charge in [-0.3, -0.25) is 4.79 Å². The van der Waals surface area contributed by atoms with Crippen LogP contribution in [0.15, 0.2) is 11.0 Å². The molecule has 0 aromatic carbocycles. The quantitative estimate of drug-likeness (QED) is 0.810. The Morgan fingerprint density at radius 1 is 1.56 bits per heavy atom. The van der Waals surface area contributed by atoms with Crippen molar-refractivity contribution in [3.63, 3.8) is 0 Å². The first-order valence-corrected chi connectivity index (χ1v) is 4.35. The zero-order chi connectivity index (χ0) is 12.3. The molecule has 4 nitrogen and oxygen atoms in total. The van der Waals surface area contributed by atoms with E-state index in [2.05, 4.69) is 4.74 Å². The summed E-state index contributed by atoms with van der Waals surface area (Å²) in [7, 11) is 0. The molecular formula is C9H8F3NO3. The number of alkyl halides is 2. The van der Waals surface area contributed by atoms with Gasteiger partial charge in [0.15, 0.2) is 5.82 Å². The number of H-pyrrole nitrogens is 1. The van der Waals surface area contributed by atoms with Crippen LogP contribution in [0.5, 0.6) is 0 Å². The zero-order valence-electron chi connectivity index (χ0n) is 8.22. The van der Waals surface area contributed by atoms with Crippen LogP contribution in [0.3, 0.4) is 0 Å². The van der Waals surface area contributed by atoms with Crippen LogP contribution >= 0.6 is 0 Å². The summed E-state index contributed by atoms with van der Waals surface area (Å²) < 4.78 is 42.5. The van der Waals surface area contributed by atoms with E-state index in [9.17, 15) is 22.8 Å². The van der Waals surface area contributed by atoms with Gasteiger partial charge in [0.05, 0.1) is 6.61 Å². The second-order valence-electron chi connectivity index (χ2n) is 2.78. The fourth-order valence-electron chi connectivity index (χ4n) is 1.14. The summed E-state index contributed by atoms with van der Waals surface area (Å²) >= 11 is 0. The van der Waals surface area contributed by atoms with Crippen LogP contribution in [0.2, 0.25) is 0 Å². The number of aromatic amines is 1. The van der Waals surface area contributed by atoms with Crippen LogP contribution in [0.4, 0.5) is 13.2 Å². The molecule has 7 heteroatoms. The van der Waals surface area contributed by atoms with Gasteiger partial charge in [0.1, 0.15) is 11.1 Å². The number of ether oxygens (including phenoxy) is 1. The molecule has 0 unspecified atom stereocenters. The molecule has 0 saturated heterocycles. The Labute approximate surface area is 88.0 Å². The second-order valence-corrected chi connectivity index (χ2v) is 2.78. The van der Waals surface area contributed by atoms with Gasteiger partial charge in [-0.25, -0.2) is 18.0 Å². The minimum Gasteiger partial charge on any atom is -0.462 e. The van der Waals surface area contributed by atoms with E-state index in [1.165, 1.54) is 6.92 Å². The summed E-state index contributed by atoms with van der Waals surface area (Å²) in [6.07, 6.45) is -2.71. The SMILES string of the molecule is CCOC(=O)c1c(F)c[nH]c(=O)c1C(F)F. The Bertz CT molecular complexity index is 456. The largest absolute Gasteiger partial charge is 0.462 e. The second kappa shape index (κ2) is 4.82. The molecular weight excluding hydrogens is 227 g/mol. The van der Waals surface area contributed by atoms with E-state index in [4.69, 9.17) is 0 Å². The number of rotatable bonds is 3. The van der Waals surface area contributed by atoms with Gasteiger partial charge in [-0.1, -0.05) is 0 Å². The summed E-state index contributed by atoms with van der Waals surface area (Å²) in [5.74, 6) is -2.52. The molecule has 1 N–H and O–H groups in total. The Balaban J connectivity index is 3.40. The molecule has 0 aliphatic rings. The lowest BCUT2D eigenvalue weighted by Gasteiger charge is -2.07. The highest BCUT2D eigenvalue weighted by atomic mass is 19.3. The van der Waals surface area contributed by atoms with Crippen molar-refractivity contribution >= 4 is 5.97 Å². The highest BCUT2D eigenvalue weighted by molar-refractivity contribution is 5.91. The van der Waals surface area contributed by atoms with E-state index in [0.29, 0.717) is 6.20 Å². The van der Waals surface area contributed by atoms with Gasteiger partial charge in [0.2, 0.25) is 0 Å².